The molecule has 1 aromatic carbocycles. The van der Waals surface area contributed by atoms with Crippen LogP contribution in [0.25, 0.3) is 0 Å². The van der Waals surface area contributed by atoms with Crippen molar-refractivity contribution in [1.82, 2.24) is 4.90 Å². The Morgan fingerprint density at radius 2 is 1.90 bits per heavy atom. The summed E-state index contributed by atoms with van der Waals surface area (Å²) in [5.74, 6) is 0.545. The Kier molecular flexibility index (Phi) is 5.09. The molecule has 2 fully saturated rings. The highest BCUT2D eigenvalue weighted by Crippen LogP contribution is 2.19. The number of rotatable bonds is 3. The zero-order chi connectivity index (χ0) is 14.5. The van der Waals surface area contributed by atoms with Crippen molar-refractivity contribution in [3.63, 3.8) is 0 Å². The summed E-state index contributed by atoms with van der Waals surface area (Å²) in [6, 6.07) is 6.88. The zero-order valence-corrected chi connectivity index (χ0v) is 12.6. The summed E-state index contributed by atoms with van der Waals surface area (Å²) in [6.45, 7) is 7.37. The fraction of sp³-hybridized carbons (Fsp3) is 0.647. The number of anilines is 1. The molecule has 1 aromatic rings. The molecule has 3 rings (SSSR count). The van der Waals surface area contributed by atoms with Crippen molar-refractivity contribution in [2.45, 2.75) is 19.3 Å². The van der Waals surface area contributed by atoms with E-state index in [-0.39, 0.29) is 5.82 Å². The summed E-state index contributed by atoms with van der Waals surface area (Å²) >= 11 is 0. The van der Waals surface area contributed by atoms with E-state index in [4.69, 9.17) is 4.74 Å². The molecule has 0 spiro atoms. The molecule has 1 unspecified atom stereocenters. The quantitative estimate of drug-likeness (QED) is 0.852. The standard InChI is InChI=1S/C17H25FN2O/c18-16-4-6-17(7-5-16)20-9-2-8-19(10-11-20)13-15-3-1-12-21-14-15/h4-7,15H,1-3,8-14H2. The minimum Gasteiger partial charge on any atom is -0.381 e. The molecule has 0 N–H and O–H groups in total. The molecule has 3 nitrogen and oxygen atoms in total. The average molecular weight is 292 g/mol. The first-order chi connectivity index (χ1) is 10.3. The lowest BCUT2D eigenvalue weighted by Gasteiger charge is -2.29. The molecule has 4 heteroatoms. The highest BCUT2D eigenvalue weighted by Gasteiger charge is 2.20. The van der Waals surface area contributed by atoms with E-state index in [2.05, 4.69) is 9.80 Å². The van der Waals surface area contributed by atoms with E-state index < -0.39 is 0 Å². The SMILES string of the molecule is Fc1ccc(N2CCCN(CC3CCCOC3)CC2)cc1. The predicted molar refractivity (Wildman–Crippen MR) is 83.2 cm³/mol. The average Bonchev–Trinajstić information content (AvgIpc) is 2.75. The van der Waals surface area contributed by atoms with Crippen molar-refractivity contribution in [2.75, 3.05) is 50.8 Å². The largest absolute Gasteiger partial charge is 0.381 e. The second-order valence-corrected chi connectivity index (χ2v) is 6.20. The monoisotopic (exact) mass is 292 g/mol. The summed E-state index contributed by atoms with van der Waals surface area (Å²) in [6.07, 6.45) is 3.68. The molecule has 1 atom stereocenters. The van der Waals surface area contributed by atoms with E-state index in [1.165, 1.54) is 19.3 Å². The molecule has 0 aliphatic carbocycles. The third-order valence-electron chi connectivity index (χ3n) is 4.55. The van der Waals surface area contributed by atoms with Crippen molar-refractivity contribution >= 4 is 5.69 Å². The van der Waals surface area contributed by atoms with Gasteiger partial charge in [-0.25, -0.2) is 4.39 Å². The van der Waals surface area contributed by atoms with E-state index in [0.29, 0.717) is 5.92 Å². The van der Waals surface area contributed by atoms with Gasteiger partial charge in [0.25, 0.3) is 0 Å². The van der Waals surface area contributed by atoms with Crippen molar-refractivity contribution in [3.05, 3.63) is 30.1 Å². The maximum atomic E-state index is 13.0. The lowest BCUT2D eigenvalue weighted by atomic mass is 10.0. The lowest BCUT2D eigenvalue weighted by Crippen LogP contribution is -2.36. The smallest absolute Gasteiger partial charge is 0.123 e. The number of hydrogen-bond donors (Lipinski definition) is 0. The highest BCUT2D eigenvalue weighted by atomic mass is 19.1. The molecule has 2 aliphatic heterocycles. The highest BCUT2D eigenvalue weighted by molar-refractivity contribution is 5.46. The molecule has 2 heterocycles. The summed E-state index contributed by atoms with van der Waals surface area (Å²) in [5, 5.41) is 0. The van der Waals surface area contributed by atoms with Gasteiger partial charge in [0.15, 0.2) is 0 Å². The van der Waals surface area contributed by atoms with E-state index in [1.807, 2.05) is 12.1 Å². The van der Waals surface area contributed by atoms with Gasteiger partial charge in [-0.2, -0.15) is 0 Å². The summed E-state index contributed by atoms with van der Waals surface area (Å²) < 4.78 is 18.6. The Morgan fingerprint density at radius 1 is 1.05 bits per heavy atom. The Balaban J connectivity index is 1.52. The van der Waals surface area contributed by atoms with Crippen LogP contribution in [0.2, 0.25) is 0 Å². The second-order valence-electron chi connectivity index (χ2n) is 6.20. The Bertz CT molecular complexity index is 431. The van der Waals surface area contributed by atoms with E-state index in [9.17, 15) is 4.39 Å². The van der Waals surface area contributed by atoms with Gasteiger partial charge < -0.3 is 14.5 Å². The fourth-order valence-electron chi connectivity index (χ4n) is 3.38. The summed E-state index contributed by atoms with van der Waals surface area (Å²) in [7, 11) is 0. The molecule has 0 radical (unpaired) electrons. The topological polar surface area (TPSA) is 15.7 Å². The van der Waals surface area contributed by atoms with Crippen molar-refractivity contribution < 1.29 is 9.13 Å². The van der Waals surface area contributed by atoms with Gasteiger partial charge in [-0.3, -0.25) is 0 Å². The third-order valence-corrected chi connectivity index (χ3v) is 4.55. The molecule has 2 saturated heterocycles. The van der Waals surface area contributed by atoms with Crippen LogP contribution in [0, 0.1) is 11.7 Å². The maximum Gasteiger partial charge on any atom is 0.123 e. The van der Waals surface area contributed by atoms with Gasteiger partial charge in [-0.1, -0.05) is 0 Å². The van der Waals surface area contributed by atoms with Crippen LogP contribution in [0.5, 0.6) is 0 Å². The number of halogens is 1. The van der Waals surface area contributed by atoms with Gasteiger partial charge in [0, 0.05) is 38.5 Å². The molecule has 116 valence electrons. The van der Waals surface area contributed by atoms with Crippen molar-refractivity contribution in [2.24, 2.45) is 5.92 Å². The molecule has 0 bridgehead atoms. The summed E-state index contributed by atoms with van der Waals surface area (Å²) in [5.41, 5.74) is 1.14. The van der Waals surface area contributed by atoms with Crippen LogP contribution in [0.4, 0.5) is 10.1 Å². The Hall–Kier alpha value is -1.13. The van der Waals surface area contributed by atoms with Gasteiger partial charge in [0.2, 0.25) is 0 Å². The second kappa shape index (κ2) is 7.23. The normalized spacial score (nSPS) is 24.8. The maximum absolute atomic E-state index is 13.0. The van der Waals surface area contributed by atoms with Crippen LogP contribution in [0.3, 0.4) is 0 Å². The van der Waals surface area contributed by atoms with E-state index >= 15 is 0 Å². The Labute approximate surface area is 126 Å². The van der Waals surface area contributed by atoms with Crippen LogP contribution in [0.1, 0.15) is 19.3 Å². The number of nitrogens with zero attached hydrogens (tertiary/aromatic N) is 2. The summed E-state index contributed by atoms with van der Waals surface area (Å²) in [4.78, 5) is 4.94. The first-order valence-electron chi connectivity index (χ1n) is 8.12. The minimum atomic E-state index is -0.160. The number of benzene rings is 1. The Morgan fingerprint density at radius 3 is 2.67 bits per heavy atom. The lowest BCUT2D eigenvalue weighted by molar-refractivity contribution is 0.0395. The van der Waals surface area contributed by atoms with Crippen LogP contribution < -0.4 is 4.90 Å². The van der Waals surface area contributed by atoms with E-state index in [1.54, 1.807) is 12.1 Å². The fourth-order valence-corrected chi connectivity index (χ4v) is 3.38. The third kappa shape index (κ3) is 4.17. The first-order valence-corrected chi connectivity index (χ1v) is 8.12. The number of hydrogen-bond acceptors (Lipinski definition) is 3. The van der Waals surface area contributed by atoms with Gasteiger partial charge in [0.05, 0.1) is 6.61 Å². The predicted octanol–water partition coefficient (Wildman–Crippen LogP) is 2.76. The molecule has 21 heavy (non-hydrogen) atoms. The number of ether oxygens (including phenoxy) is 1. The van der Waals surface area contributed by atoms with Gasteiger partial charge in [-0.05, 0) is 56.0 Å². The van der Waals surface area contributed by atoms with Crippen molar-refractivity contribution in [3.8, 4) is 0 Å². The van der Waals surface area contributed by atoms with Gasteiger partial charge in [0.1, 0.15) is 5.82 Å². The van der Waals surface area contributed by atoms with Crippen LogP contribution in [0.15, 0.2) is 24.3 Å². The van der Waals surface area contributed by atoms with Gasteiger partial charge >= 0.3 is 0 Å². The first kappa shape index (κ1) is 14.8. The van der Waals surface area contributed by atoms with Crippen LogP contribution in [-0.4, -0.2) is 50.8 Å². The van der Waals surface area contributed by atoms with Gasteiger partial charge in [-0.15, -0.1) is 0 Å². The van der Waals surface area contributed by atoms with Crippen LogP contribution in [-0.2, 0) is 4.74 Å². The molecule has 0 amide bonds. The minimum absolute atomic E-state index is 0.160. The van der Waals surface area contributed by atoms with Crippen molar-refractivity contribution in [1.29, 1.82) is 0 Å². The van der Waals surface area contributed by atoms with E-state index in [0.717, 1.165) is 51.6 Å². The molecule has 0 aromatic heterocycles. The molecular formula is C17H25FN2O. The molecular weight excluding hydrogens is 267 g/mol. The molecule has 2 aliphatic rings. The van der Waals surface area contributed by atoms with Crippen LogP contribution >= 0.6 is 0 Å². The zero-order valence-electron chi connectivity index (χ0n) is 12.6. The molecule has 0 saturated carbocycles.